The Morgan fingerprint density at radius 1 is 1.23 bits per heavy atom. The molecule has 3 N–H and O–H groups in total. The summed E-state index contributed by atoms with van der Waals surface area (Å²) in [5.74, 6) is -1.93. The summed E-state index contributed by atoms with van der Waals surface area (Å²) >= 11 is 6.29. The zero-order chi connectivity index (χ0) is 28.3. The molecular weight excluding hydrogens is 541 g/mol. The molecule has 4 rings (SSSR count). The molecule has 202 valence electrons. The number of tetrazole rings is 1. The van der Waals surface area contributed by atoms with E-state index in [-0.39, 0.29) is 28.8 Å². The number of hydrogen-bond donors (Lipinski definition) is 3. The average Bonchev–Trinajstić information content (AvgIpc) is 3.56. The number of anilines is 1. The van der Waals surface area contributed by atoms with Gasteiger partial charge in [-0.15, -0.1) is 10.2 Å². The predicted octanol–water partition coefficient (Wildman–Crippen LogP) is 3.61. The van der Waals surface area contributed by atoms with E-state index in [2.05, 4.69) is 47.9 Å². The minimum Gasteiger partial charge on any atom is -0.411 e. The molecule has 3 aromatic heterocycles. The quantitative estimate of drug-likeness (QED) is 0.168. The number of carbonyl (C=O) groups is 1. The Kier molecular flexibility index (Phi) is 7.62. The molecule has 0 saturated heterocycles. The van der Waals surface area contributed by atoms with Crippen LogP contribution in [0.15, 0.2) is 54.3 Å². The number of nitrogens with zero attached hydrogens (tertiary/aromatic N) is 8. The Morgan fingerprint density at radius 2 is 2.00 bits per heavy atom. The van der Waals surface area contributed by atoms with Crippen LogP contribution in [-0.4, -0.2) is 58.8 Å². The van der Waals surface area contributed by atoms with Crippen LogP contribution in [0.1, 0.15) is 40.1 Å². The van der Waals surface area contributed by atoms with Crippen molar-refractivity contribution in [3.63, 3.8) is 0 Å². The van der Waals surface area contributed by atoms with Crippen molar-refractivity contribution < 1.29 is 23.2 Å². The predicted molar refractivity (Wildman–Crippen MR) is 135 cm³/mol. The SMILES string of the molecule is C=C(NC)c1cc(/C(C)=N/O)ccc1NC(=O)c1cc(Cn2nnc(C(F)(F)F)n2)nn1-c1ncccc1Cl. The third-order valence-corrected chi connectivity index (χ3v) is 5.70. The van der Waals surface area contributed by atoms with E-state index in [4.69, 9.17) is 16.8 Å². The summed E-state index contributed by atoms with van der Waals surface area (Å²) in [5.41, 5.74) is 2.40. The van der Waals surface area contributed by atoms with Crippen LogP contribution in [-0.2, 0) is 12.7 Å². The van der Waals surface area contributed by atoms with Crippen LogP contribution in [0, 0.1) is 0 Å². The molecule has 0 aliphatic heterocycles. The van der Waals surface area contributed by atoms with Crippen molar-refractivity contribution >= 4 is 34.6 Å². The van der Waals surface area contributed by atoms with Gasteiger partial charge in [-0.1, -0.05) is 29.4 Å². The Bertz CT molecular complexity index is 1580. The molecule has 0 aliphatic carbocycles. The molecule has 0 spiro atoms. The summed E-state index contributed by atoms with van der Waals surface area (Å²) < 4.78 is 39.8. The van der Waals surface area contributed by atoms with Crippen molar-refractivity contribution in [3.8, 4) is 5.82 Å². The second-order valence-corrected chi connectivity index (χ2v) is 8.42. The highest BCUT2D eigenvalue weighted by Crippen LogP contribution is 2.27. The molecule has 0 unspecified atom stereocenters. The molecule has 1 amide bonds. The van der Waals surface area contributed by atoms with Gasteiger partial charge in [-0.2, -0.15) is 23.1 Å². The number of rotatable bonds is 8. The van der Waals surface area contributed by atoms with Crippen molar-refractivity contribution in [2.45, 2.75) is 19.6 Å². The Morgan fingerprint density at radius 3 is 2.64 bits per heavy atom. The number of pyridine rings is 1. The van der Waals surface area contributed by atoms with Crippen LogP contribution in [0.25, 0.3) is 11.5 Å². The van der Waals surface area contributed by atoms with Crippen molar-refractivity contribution in [2.75, 3.05) is 12.4 Å². The number of amides is 1. The van der Waals surface area contributed by atoms with Gasteiger partial charge in [0.15, 0.2) is 5.82 Å². The molecule has 16 heteroatoms. The van der Waals surface area contributed by atoms with Crippen LogP contribution in [0.4, 0.5) is 18.9 Å². The van der Waals surface area contributed by atoms with E-state index >= 15 is 0 Å². The van der Waals surface area contributed by atoms with E-state index in [9.17, 15) is 18.0 Å². The summed E-state index contributed by atoms with van der Waals surface area (Å²) in [6, 6.07) is 9.40. The third kappa shape index (κ3) is 5.87. The molecule has 3 heterocycles. The maximum Gasteiger partial charge on any atom is 0.455 e. The van der Waals surface area contributed by atoms with Crippen LogP contribution in [0.5, 0.6) is 0 Å². The van der Waals surface area contributed by atoms with Crippen LogP contribution < -0.4 is 10.6 Å². The lowest BCUT2D eigenvalue weighted by Gasteiger charge is -2.15. The lowest BCUT2D eigenvalue weighted by atomic mass is 10.0. The van der Waals surface area contributed by atoms with Gasteiger partial charge in [-0.05, 0) is 48.0 Å². The fourth-order valence-electron chi connectivity index (χ4n) is 3.44. The van der Waals surface area contributed by atoms with Crippen molar-refractivity contribution in [1.29, 1.82) is 0 Å². The monoisotopic (exact) mass is 560 g/mol. The van der Waals surface area contributed by atoms with E-state index < -0.39 is 17.9 Å². The van der Waals surface area contributed by atoms with E-state index in [1.54, 1.807) is 44.3 Å². The molecule has 0 bridgehead atoms. The summed E-state index contributed by atoms with van der Waals surface area (Å²) in [6.45, 7) is 5.23. The first-order chi connectivity index (χ1) is 18.5. The number of nitrogens with one attached hydrogen (secondary N) is 2. The third-order valence-electron chi connectivity index (χ3n) is 5.40. The fraction of sp³-hybridized carbons (Fsp3) is 0.174. The van der Waals surface area contributed by atoms with Gasteiger partial charge >= 0.3 is 6.18 Å². The molecule has 39 heavy (non-hydrogen) atoms. The number of aromatic nitrogens is 7. The highest BCUT2D eigenvalue weighted by atomic mass is 35.5. The van der Waals surface area contributed by atoms with Crippen molar-refractivity contribution in [2.24, 2.45) is 5.16 Å². The maximum absolute atomic E-state index is 13.5. The highest BCUT2D eigenvalue weighted by Gasteiger charge is 2.37. The molecule has 0 atom stereocenters. The summed E-state index contributed by atoms with van der Waals surface area (Å²) in [5, 5.41) is 32.3. The molecule has 0 aliphatic rings. The minimum absolute atomic E-state index is 0.0278. The summed E-state index contributed by atoms with van der Waals surface area (Å²) in [7, 11) is 1.65. The van der Waals surface area contributed by atoms with Crippen molar-refractivity contribution in [1.82, 2.24) is 40.3 Å². The average molecular weight is 561 g/mol. The van der Waals surface area contributed by atoms with E-state index in [0.29, 0.717) is 33.0 Å². The van der Waals surface area contributed by atoms with Gasteiger partial charge in [-0.3, -0.25) is 4.79 Å². The molecule has 4 aromatic rings. The van der Waals surface area contributed by atoms with Gasteiger partial charge in [0.25, 0.3) is 11.7 Å². The number of carbonyl (C=O) groups excluding carboxylic acids is 1. The highest BCUT2D eigenvalue weighted by molar-refractivity contribution is 6.32. The molecule has 0 fully saturated rings. The zero-order valence-electron chi connectivity index (χ0n) is 20.4. The molecular formula is C23H20ClF3N10O2. The van der Waals surface area contributed by atoms with E-state index in [1.807, 2.05) is 0 Å². The first-order valence-electron chi connectivity index (χ1n) is 11.1. The zero-order valence-corrected chi connectivity index (χ0v) is 21.2. The number of hydrogen-bond acceptors (Lipinski definition) is 9. The first-order valence-corrected chi connectivity index (χ1v) is 11.5. The van der Waals surface area contributed by atoms with E-state index in [0.717, 1.165) is 4.68 Å². The Balaban J connectivity index is 1.73. The summed E-state index contributed by atoms with van der Waals surface area (Å²) in [4.78, 5) is 18.4. The normalized spacial score (nSPS) is 11.9. The Hall–Kier alpha value is -4.79. The van der Waals surface area contributed by atoms with Gasteiger partial charge in [0, 0.05) is 24.5 Å². The van der Waals surface area contributed by atoms with Gasteiger partial charge < -0.3 is 15.8 Å². The number of halogens is 4. The number of benzene rings is 1. The summed E-state index contributed by atoms with van der Waals surface area (Å²) in [6.07, 6.45) is -3.33. The molecule has 1 aromatic carbocycles. The second-order valence-electron chi connectivity index (χ2n) is 8.01. The fourth-order valence-corrected chi connectivity index (χ4v) is 3.64. The Labute approximate surface area is 223 Å². The number of oxime groups is 1. The largest absolute Gasteiger partial charge is 0.455 e. The van der Waals surface area contributed by atoms with E-state index in [1.165, 1.54) is 12.3 Å². The first kappa shape index (κ1) is 27.3. The topological polar surface area (TPSA) is 148 Å². The standard InChI is InChI=1S/C23H20ClF3N10O2/c1-12(34-39)14-6-7-18(16(9-14)13(2)28-3)30-21(38)19-10-15(11-36-33-22(31-35-36)23(25,26)27)32-37(19)20-17(24)5-4-8-29-20/h4-10,28,39H,2,11H2,1,3H3,(H,30,38)/b34-12+. The lowest BCUT2D eigenvalue weighted by Crippen LogP contribution is -2.19. The van der Waals surface area contributed by atoms with Gasteiger partial charge in [0.05, 0.1) is 22.1 Å². The smallest absolute Gasteiger partial charge is 0.411 e. The second kappa shape index (κ2) is 10.9. The van der Waals surface area contributed by atoms with Gasteiger partial charge in [0.2, 0.25) is 0 Å². The maximum atomic E-state index is 13.5. The van der Waals surface area contributed by atoms with Gasteiger partial charge in [-0.25, -0.2) is 9.67 Å². The molecule has 12 nitrogen and oxygen atoms in total. The lowest BCUT2D eigenvalue weighted by molar-refractivity contribution is -0.145. The van der Waals surface area contributed by atoms with Crippen LogP contribution >= 0.6 is 11.6 Å². The number of alkyl halides is 3. The van der Waals surface area contributed by atoms with Crippen molar-refractivity contribution in [3.05, 3.63) is 82.5 Å². The molecule has 0 radical (unpaired) electrons. The minimum atomic E-state index is -4.77. The van der Waals surface area contributed by atoms with Crippen LogP contribution in [0.3, 0.4) is 0 Å². The van der Waals surface area contributed by atoms with Gasteiger partial charge in [0.1, 0.15) is 12.2 Å². The van der Waals surface area contributed by atoms with Crippen LogP contribution in [0.2, 0.25) is 5.02 Å². The molecule has 0 saturated carbocycles.